The Morgan fingerprint density at radius 1 is 1.37 bits per heavy atom. The molecule has 0 saturated carbocycles. The minimum absolute atomic E-state index is 0.440. The number of hydrogen-bond donors (Lipinski definition) is 1. The summed E-state index contributed by atoms with van der Waals surface area (Å²) in [6.45, 7) is 2.09. The lowest BCUT2D eigenvalue weighted by molar-refractivity contribution is 0.179. The molecule has 3 nitrogen and oxygen atoms in total. The largest absolute Gasteiger partial charge is 0.387 e. The highest BCUT2D eigenvalue weighted by molar-refractivity contribution is 7.26. The first-order valence-corrected chi connectivity index (χ1v) is 8.03. The second-order valence-corrected chi connectivity index (χ2v) is 6.69. The van der Waals surface area contributed by atoms with Crippen LogP contribution in [0.4, 0.5) is 0 Å². The molecule has 0 amide bonds. The van der Waals surface area contributed by atoms with Crippen molar-refractivity contribution in [2.24, 2.45) is 7.05 Å². The van der Waals surface area contributed by atoms with E-state index in [2.05, 4.69) is 35.6 Å². The molecule has 1 N–H and O–H groups in total. The maximum atomic E-state index is 10.4. The molecule has 3 aromatic heterocycles. The fourth-order valence-electron chi connectivity index (χ4n) is 2.18. The number of aryl methyl sites for hydroxylation is 2. The van der Waals surface area contributed by atoms with E-state index in [4.69, 9.17) is 0 Å². The Morgan fingerprint density at radius 3 is 2.89 bits per heavy atom. The van der Waals surface area contributed by atoms with E-state index >= 15 is 0 Å². The van der Waals surface area contributed by atoms with Crippen molar-refractivity contribution in [1.82, 2.24) is 9.78 Å². The van der Waals surface area contributed by atoms with Crippen molar-refractivity contribution in [2.75, 3.05) is 0 Å². The highest BCUT2D eigenvalue weighted by Crippen LogP contribution is 2.34. The monoisotopic (exact) mass is 292 g/mol. The highest BCUT2D eigenvalue weighted by Gasteiger charge is 2.15. The van der Waals surface area contributed by atoms with Crippen LogP contribution in [-0.4, -0.2) is 14.9 Å². The van der Waals surface area contributed by atoms with Gasteiger partial charge in [-0.15, -0.1) is 22.7 Å². The predicted molar refractivity (Wildman–Crippen MR) is 81.0 cm³/mol. The standard InChI is InChI=1S/C14H16N2OS2/c1-3-9-6-10(16(2)15-9)7-11(17)13-8-14-12(19-13)4-5-18-14/h4-6,8,11,17H,3,7H2,1-2H3. The first-order chi connectivity index (χ1) is 9.17. The van der Waals surface area contributed by atoms with E-state index in [9.17, 15) is 5.11 Å². The Morgan fingerprint density at radius 2 is 2.21 bits per heavy atom. The van der Waals surface area contributed by atoms with Crippen LogP contribution in [0.5, 0.6) is 0 Å². The third-order valence-corrected chi connectivity index (χ3v) is 5.47. The van der Waals surface area contributed by atoms with Crippen LogP contribution in [0.1, 0.15) is 29.3 Å². The number of rotatable bonds is 4. The number of fused-ring (bicyclic) bond motifs is 1. The molecule has 1 unspecified atom stereocenters. The van der Waals surface area contributed by atoms with E-state index in [1.54, 1.807) is 22.7 Å². The van der Waals surface area contributed by atoms with Gasteiger partial charge in [0.1, 0.15) is 0 Å². The van der Waals surface area contributed by atoms with Crippen LogP contribution in [0.2, 0.25) is 0 Å². The lowest BCUT2D eigenvalue weighted by atomic mass is 10.1. The Kier molecular flexibility index (Phi) is 3.43. The molecule has 0 aliphatic heterocycles. The summed E-state index contributed by atoms with van der Waals surface area (Å²) in [4.78, 5) is 1.04. The normalized spacial score (nSPS) is 13.2. The topological polar surface area (TPSA) is 38.0 Å². The molecule has 3 rings (SSSR count). The number of aliphatic hydroxyl groups excluding tert-OH is 1. The maximum absolute atomic E-state index is 10.4. The first-order valence-electron chi connectivity index (χ1n) is 6.34. The van der Waals surface area contributed by atoms with Gasteiger partial charge in [0.15, 0.2) is 0 Å². The molecule has 0 aliphatic carbocycles. The van der Waals surface area contributed by atoms with Crippen LogP contribution >= 0.6 is 22.7 Å². The quantitative estimate of drug-likeness (QED) is 0.799. The van der Waals surface area contributed by atoms with E-state index in [1.165, 1.54) is 9.40 Å². The van der Waals surface area contributed by atoms with Crippen LogP contribution < -0.4 is 0 Å². The van der Waals surface area contributed by atoms with Gasteiger partial charge in [0.25, 0.3) is 0 Å². The summed E-state index contributed by atoms with van der Waals surface area (Å²) in [5, 5.41) is 16.9. The minimum Gasteiger partial charge on any atom is -0.387 e. The van der Waals surface area contributed by atoms with Crippen molar-refractivity contribution in [3.8, 4) is 0 Å². The van der Waals surface area contributed by atoms with Gasteiger partial charge in [-0.05, 0) is 30.0 Å². The number of thiophene rings is 2. The summed E-state index contributed by atoms with van der Waals surface area (Å²) < 4.78 is 4.40. The molecule has 3 heterocycles. The summed E-state index contributed by atoms with van der Waals surface area (Å²) in [5.41, 5.74) is 2.16. The molecule has 0 saturated heterocycles. The van der Waals surface area contributed by atoms with Gasteiger partial charge in [-0.3, -0.25) is 4.68 Å². The third kappa shape index (κ3) is 2.45. The van der Waals surface area contributed by atoms with Gasteiger partial charge in [0, 0.05) is 33.4 Å². The molecule has 0 aliphatic rings. The van der Waals surface area contributed by atoms with E-state index in [1.807, 2.05) is 11.7 Å². The number of aliphatic hydroxyl groups is 1. The second kappa shape index (κ2) is 5.07. The number of nitrogens with zero attached hydrogens (tertiary/aromatic N) is 2. The lowest BCUT2D eigenvalue weighted by Gasteiger charge is -2.08. The molecule has 100 valence electrons. The van der Waals surface area contributed by atoms with Gasteiger partial charge in [0.2, 0.25) is 0 Å². The van der Waals surface area contributed by atoms with Crippen molar-refractivity contribution in [2.45, 2.75) is 25.9 Å². The van der Waals surface area contributed by atoms with Gasteiger partial charge in [0.05, 0.1) is 11.8 Å². The van der Waals surface area contributed by atoms with Crippen LogP contribution in [0, 0.1) is 0 Å². The zero-order valence-corrected chi connectivity index (χ0v) is 12.6. The zero-order chi connectivity index (χ0) is 13.4. The van der Waals surface area contributed by atoms with E-state index in [0.717, 1.165) is 22.7 Å². The van der Waals surface area contributed by atoms with Crippen molar-refractivity contribution in [1.29, 1.82) is 0 Å². The molecule has 3 aromatic rings. The Bertz CT molecular complexity index is 667. The van der Waals surface area contributed by atoms with Crippen molar-refractivity contribution in [3.63, 3.8) is 0 Å². The van der Waals surface area contributed by atoms with Gasteiger partial charge >= 0.3 is 0 Å². The van der Waals surface area contributed by atoms with Gasteiger partial charge in [-0.2, -0.15) is 5.10 Å². The van der Waals surface area contributed by atoms with E-state index in [-0.39, 0.29) is 0 Å². The smallest absolute Gasteiger partial charge is 0.0937 e. The molecule has 0 aromatic carbocycles. The maximum Gasteiger partial charge on any atom is 0.0937 e. The summed E-state index contributed by atoms with van der Waals surface area (Å²) >= 11 is 3.40. The lowest BCUT2D eigenvalue weighted by Crippen LogP contribution is -2.05. The van der Waals surface area contributed by atoms with Crippen molar-refractivity contribution >= 4 is 32.1 Å². The molecule has 0 spiro atoms. The van der Waals surface area contributed by atoms with E-state index in [0.29, 0.717) is 6.42 Å². The molecular formula is C14H16N2OS2. The molecule has 19 heavy (non-hydrogen) atoms. The van der Waals surface area contributed by atoms with E-state index < -0.39 is 6.10 Å². The number of hydrogen-bond acceptors (Lipinski definition) is 4. The fraction of sp³-hybridized carbons (Fsp3) is 0.357. The predicted octanol–water partition coefficient (Wildman–Crippen LogP) is 3.53. The third-order valence-electron chi connectivity index (χ3n) is 3.28. The Hall–Kier alpha value is -1.17. The van der Waals surface area contributed by atoms with Crippen molar-refractivity contribution < 1.29 is 5.11 Å². The average molecular weight is 292 g/mol. The van der Waals surface area contributed by atoms with Gasteiger partial charge in [-0.1, -0.05) is 6.92 Å². The number of aromatic nitrogens is 2. The van der Waals surface area contributed by atoms with Crippen LogP contribution in [-0.2, 0) is 19.9 Å². The molecule has 1 atom stereocenters. The van der Waals surface area contributed by atoms with Crippen LogP contribution in [0.25, 0.3) is 9.40 Å². The van der Waals surface area contributed by atoms with Crippen LogP contribution in [0.15, 0.2) is 23.6 Å². The van der Waals surface area contributed by atoms with Gasteiger partial charge < -0.3 is 5.11 Å². The summed E-state index contributed by atoms with van der Waals surface area (Å²) in [6.07, 6.45) is 1.11. The Balaban J connectivity index is 1.82. The SMILES string of the molecule is CCc1cc(CC(O)c2cc3sccc3s2)n(C)n1. The average Bonchev–Trinajstić information content (AvgIpc) is 3.03. The Labute approximate surface area is 120 Å². The zero-order valence-electron chi connectivity index (χ0n) is 11.0. The molecule has 0 fully saturated rings. The van der Waals surface area contributed by atoms with Crippen molar-refractivity contribution in [3.05, 3.63) is 39.8 Å². The summed E-state index contributed by atoms with van der Waals surface area (Å²) in [6, 6.07) is 6.30. The minimum atomic E-state index is -0.440. The molecule has 0 radical (unpaired) electrons. The molecule has 0 bridgehead atoms. The first kappa shape index (κ1) is 12.8. The van der Waals surface area contributed by atoms with Gasteiger partial charge in [-0.25, -0.2) is 0 Å². The van der Waals surface area contributed by atoms with Crippen LogP contribution in [0.3, 0.4) is 0 Å². The highest BCUT2D eigenvalue weighted by atomic mass is 32.1. The summed E-state index contributed by atoms with van der Waals surface area (Å²) in [5.74, 6) is 0. The molecule has 5 heteroatoms. The molecular weight excluding hydrogens is 276 g/mol. The fourth-order valence-corrected chi connectivity index (χ4v) is 4.29. The second-order valence-electron chi connectivity index (χ2n) is 4.62. The summed E-state index contributed by atoms with van der Waals surface area (Å²) in [7, 11) is 1.94.